The van der Waals surface area contributed by atoms with Crippen LogP contribution in [0.4, 0.5) is 0 Å². The third kappa shape index (κ3) is 3.04. The minimum Gasteiger partial charge on any atom is -0.465 e. The number of ether oxygens (including phenoxy) is 1. The molecule has 0 unspecified atom stereocenters. The smallest absolute Gasteiger partial charge is 0.306 e. The van der Waals surface area contributed by atoms with Gasteiger partial charge in [-0.3, -0.25) is 9.59 Å². The van der Waals surface area contributed by atoms with Gasteiger partial charge in [0.15, 0.2) is 0 Å². The number of hydrogen-bond acceptors (Lipinski definition) is 3. The second kappa shape index (κ2) is 6.40. The van der Waals surface area contributed by atoms with E-state index in [0.717, 1.165) is 25.7 Å². The number of esters is 1. The summed E-state index contributed by atoms with van der Waals surface area (Å²) in [4.78, 5) is 26.1. The van der Waals surface area contributed by atoms with Crippen molar-refractivity contribution in [2.24, 2.45) is 11.3 Å². The Balaban J connectivity index is 1.30. The highest BCUT2D eigenvalue weighted by Crippen LogP contribution is 2.52. The van der Waals surface area contributed by atoms with Crippen molar-refractivity contribution in [2.75, 3.05) is 13.7 Å². The zero-order valence-corrected chi connectivity index (χ0v) is 16.0. The lowest BCUT2D eigenvalue weighted by atomic mass is 9.61. The van der Waals surface area contributed by atoms with E-state index in [2.05, 4.69) is 38.1 Å². The molecule has 2 saturated carbocycles. The van der Waals surface area contributed by atoms with Crippen molar-refractivity contribution in [3.05, 3.63) is 35.4 Å². The summed E-state index contributed by atoms with van der Waals surface area (Å²) in [6.07, 6.45) is 4.24. The molecule has 4 heteroatoms. The van der Waals surface area contributed by atoms with E-state index in [1.807, 2.05) is 11.9 Å². The molecule has 0 bridgehead atoms. The van der Waals surface area contributed by atoms with Gasteiger partial charge in [-0.25, -0.2) is 0 Å². The summed E-state index contributed by atoms with van der Waals surface area (Å²) in [5.41, 5.74) is 2.78. The fourth-order valence-corrected chi connectivity index (χ4v) is 4.88. The third-order valence-corrected chi connectivity index (χ3v) is 6.82. The third-order valence-electron chi connectivity index (χ3n) is 6.82. The average Bonchev–Trinajstić information content (AvgIpc) is 2.94. The van der Waals surface area contributed by atoms with Gasteiger partial charge in [0.1, 0.15) is 0 Å². The summed E-state index contributed by atoms with van der Waals surface area (Å²) in [6.45, 7) is 4.96. The Bertz CT molecular complexity index is 714. The van der Waals surface area contributed by atoms with Gasteiger partial charge in [-0.05, 0) is 48.6 Å². The molecule has 140 valence electrons. The minimum atomic E-state index is -0.102. The number of benzene rings is 1. The van der Waals surface area contributed by atoms with Gasteiger partial charge in [0.05, 0.1) is 13.0 Å². The SMILES string of the molecule is CC(C)c1cccc(C2CC(N(C)C(=O)C3CC4(COC(=O)C4)C3)C2)c1. The van der Waals surface area contributed by atoms with Crippen LogP contribution in [0.2, 0.25) is 0 Å². The Labute approximate surface area is 155 Å². The summed E-state index contributed by atoms with van der Waals surface area (Å²) < 4.78 is 5.10. The molecule has 1 spiro atoms. The molecule has 4 nitrogen and oxygen atoms in total. The van der Waals surface area contributed by atoms with Gasteiger partial charge in [0, 0.05) is 24.4 Å². The van der Waals surface area contributed by atoms with E-state index in [9.17, 15) is 9.59 Å². The summed E-state index contributed by atoms with van der Waals surface area (Å²) in [5, 5.41) is 0. The number of hydrogen-bond donors (Lipinski definition) is 0. The van der Waals surface area contributed by atoms with Crippen LogP contribution in [-0.4, -0.2) is 36.5 Å². The standard InChI is InChI=1S/C22H29NO3/c1-14(2)15-5-4-6-16(7-15)17-8-19(9-17)23(3)21(25)18-10-22(11-18)12-20(24)26-13-22/h4-7,14,17-19H,8-13H2,1-3H3. The Morgan fingerprint density at radius 2 is 2.00 bits per heavy atom. The van der Waals surface area contributed by atoms with E-state index in [1.165, 1.54) is 11.1 Å². The van der Waals surface area contributed by atoms with Crippen molar-refractivity contribution in [3.8, 4) is 0 Å². The average molecular weight is 355 g/mol. The first-order chi connectivity index (χ1) is 12.4. The van der Waals surface area contributed by atoms with Gasteiger partial charge < -0.3 is 9.64 Å². The van der Waals surface area contributed by atoms with Crippen molar-refractivity contribution in [1.29, 1.82) is 0 Å². The summed E-state index contributed by atoms with van der Waals surface area (Å²) in [5.74, 6) is 1.36. The maximum absolute atomic E-state index is 12.8. The van der Waals surface area contributed by atoms with Gasteiger partial charge in [-0.1, -0.05) is 38.1 Å². The number of rotatable bonds is 4. The second-order valence-corrected chi connectivity index (χ2v) is 9.04. The molecule has 26 heavy (non-hydrogen) atoms. The van der Waals surface area contributed by atoms with E-state index in [-0.39, 0.29) is 23.2 Å². The maximum Gasteiger partial charge on any atom is 0.306 e. The van der Waals surface area contributed by atoms with Crippen molar-refractivity contribution in [1.82, 2.24) is 4.90 Å². The van der Waals surface area contributed by atoms with Crippen LogP contribution in [0.1, 0.15) is 68.9 Å². The Kier molecular flexibility index (Phi) is 4.32. The van der Waals surface area contributed by atoms with Crippen molar-refractivity contribution < 1.29 is 14.3 Å². The van der Waals surface area contributed by atoms with E-state index >= 15 is 0 Å². The van der Waals surface area contributed by atoms with Crippen LogP contribution in [0.5, 0.6) is 0 Å². The fourth-order valence-electron chi connectivity index (χ4n) is 4.88. The van der Waals surface area contributed by atoms with Crippen LogP contribution >= 0.6 is 0 Å². The maximum atomic E-state index is 12.8. The van der Waals surface area contributed by atoms with Crippen molar-refractivity contribution in [3.63, 3.8) is 0 Å². The van der Waals surface area contributed by atoms with Gasteiger partial charge in [0.2, 0.25) is 5.91 Å². The Hall–Kier alpha value is -1.84. The number of amides is 1. The quantitative estimate of drug-likeness (QED) is 0.771. The van der Waals surface area contributed by atoms with E-state index in [4.69, 9.17) is 4.74 Å². The van der Waals surface area contributed by atoms with Gasteiger partial charge in [0.25, 0.3) is 0 Å². The Morgan fingerprint density at radius 1 is 1.27 bits per heavy atom. The predicted molar refractivity (Wildman–Crippen MR) is 99.8 cm³/mol. The van der Waals surface area contributed by atoms with Crippen LogP contribution < -0.4 is 0 Å². The summed E-state index contributed by atoms with van der Waals surface area (Å²) in [7, 11) is 1.95. The lowest BCUT2D eigenvalue weighted by Gasteiger charge is -2.47. The van der Waals surface area contributed by atoms with E-state index < -0.39 is 0 Å². The molecule has 4 rings (SSSR count). The van der Waals surface area contributed by atoms with Crippen molar-refractivity contribution >= 4 is 11.9 Å². The number of cyclic esters (lactones) is 1. The molecule has 0 aromatic heterocycles. The molecule has 1 aromatic carbocycles. The monoisotopic (exact) mass is 355 g/mol. The lowest BCUT2D eigenvalue weighted by molar-refractivity contribution is -0.146. The lowest BCUT2D eigenvalue weighted by Crippen LogP contribution is -2.51. The van der Waals surface area contributed by atoms with Crippen LogP contribution in [0.25, 0.3) is 0 Å². The van der Waals surface area contributed by atoms with Gasteiger partial charge in [-0.2, -0.15) is 0 Å². The van der Waals surface area contributed by atoms with E-state index in [1.54, 1.807) is 0 Å². The molecule has 0 N–H and O–H groups in total. The second-order valence-electron chi connectivity index (χ2n) is 9.04. The zero-order chi connectivity index (χ0) is 18.5. The number of carbonyl (C=O) groups excluding carboxylic acids is 2. The highest BCUT2D eigenvalue weighted by molar-refractivity contribution is 5.81. The van der Waals surface area contributed by atoms with Gasteiger partial charge >= 0.3 is 5.97 Å². The largest absolute Gasteiger partial charge is 0.465 e. The molecule has 0 atom stereocenters. The van der Waals surface area contributed by atoms with Crippen LogP contribution in [-0.2, 0) is 14.3 Å². The normalized spacial score (nSPS) is 32.9. The molecule has 3 fully saturated rings. The molecule has 3 aliphatic rings. The molecular weight excluding hydrogens is 326 g/mol. The molecular formula is C22H29NO3. The summed E-state index contributed by atoms with van der Waals surface area (Å²) in [6, 6.07) is 9.27. The minimum absolute atomic E-state index is 0.0301. The zero-order valence-electron chi connectivity index (χ0n) is 16.0. The van der Waals surface area contributed by atoms with Gasteiger partial charge in [-0.15, -0.1) is 0 Å². The predicted octanol–water partition coefficient (Wildman–Crippen LogP) is 3.86. The van der Waals surface area contributed by atoms with E-state index in [0.29, 0.717) is 30.9 Å². The fraction of sp³-hybridized carbons (Fsp3) is 0.636. The topological polar surface area (TPSA) is 46.6 Å². The summed E-state index contributed by atoms with van der Waals surface area (Å²) >= 11 is 0. The highest BCUT2D eigenvalue weighted by atomic mass is 16.5. The molecule has 1 aliphatic heterocycles. The number of nitrogens with zero attached hydrogens (tertiary/aromatic N) is 1. The first-order valence-corrected chi connectivity index (χ1v) is 9.89. The molecule has 1 aromatic rings. The molecule has 1 heterocycles. The van der Waals surface area contributed by atoms with Crippen LogP contribution in [0.3, 0.4) is 0 Å². The first-order valence-electron chi connectivity index (χ1n) is 9.89. The van der Waals surface area contributed by atoms with Crippen molar-refractivity contribution in [2.45, 2.75) is 63.8 Å². The molecule has 0 radical (unpaired) electrons. The first kappa shape index (κ1) is 17.6. The van der Waals surface area contributed by atoms with Crippen LogP contribution in [0, 0.1) is 11.3 Å². The Morgan fingerprint density at radius 3 is 2.62 bits per heavy atom. The number of carbonyl (C=O) groups is 2. The van der Waals surface area contributed by atoms with Crippen LogP contribution in [0.15, 0.2) is 24.3 Å². The highest BCUT2D eigenvalue weighted by Gasteiger charge is 2.53. The molecule has 1 amide bonds. The molecule has 2 aliphatic carbocycles. The molecule has 1 saturated heterocycles.